The molecule has 2 aliphatic rings. The minimum atomic E-state index is -0.952. The van der Waals surface area contributed by atoms with Gasteiger partial charge in [-0.3, -0.25) is 9.59 Å². The van der Waals surface area contributed by atoms with Crippen LogP contribution in [0.3, 0.4) is 0 Å². The van der Waals surface area contributed by atoms with Crippen LogP contribution in [0.2, 0.25) is 5.02 Å². The summed E-state index contributed by atoms with van der Waals surface area (Å²) in [5, 5.41) is 9.61. The standard InChI is InChI=1S/C18H14ClFN4O2/c1-9-3-5-11(7-13(9)19)23-17(25)15-16(18(23)26)24(22-21-15)12-6-4-10(2)14(20)8-12/h3-8,15-16H,1-2H3. The summed E-state index contributed by atoms with van der Waals surface area (Å²) in [5.74, 6) is -1.36. The molecule has 0 spiro atoms. The van der Waals surface area contributed by atoms with Crippen LogP contribution < -0.4 is 9.91 Å². The molecule has 0 radical (unpaired) electrons. The maximum absolute atomic E-state index is 13.9. The highest BCUT2D eigenvalue weighted by atomic mass is 35.5. The molecule has 4 rings (SSSR count). The van der Waals surface area contributed by atoms with Crippen LogP contribution in [0.1, 0.15) is 11.1 Å². The van der Waals surface area contributed by atoms with E-state index in [0.717, 1.165) is 10.5 Å². The van der Waals surface area contributed by atoms with Gasteiger partial charge in [-0.05, 0) is 49.2 Å². The van der Waals surface area contributed by atoms with Crippen molar-refractivity contribution in [2.75, 3.05) is 9.91 Å². The molecule has 0 N–H and O–H groups in total. The van der Waals surface area contributed by atoms with Gasteiger partial charge in [0.15, 0.2) is 12.1 Å². The van der Waals surface area contributed by atoms with Gasteiger partial charge >= 0.3 is 0 Å². The number of benzene rings is 2. The zero-order valence-electron chi connectivity index (χ0n) is 14.0. The average molecular weight is 373 g/mol. The molecule has 0 saturated carbocycles. The number of carbonyl (C=O) groups is 2. The number of nitrogens with zero attached hydrogens (tertiary/aromatic N) is 4. The van der Waals surface area contributed by atoms with E-state index in [2.05, 4.69) is 10.3 Å². The van der Waals surface area contributed by atoms with E-state index >= 15 is 0 Å². The highest BCUT2D eigenvalue weighted by molar-refractivity contribution is 6.32. The summed E-state index contributed by atoms with van der Waals surface area (Å²) >= 11 is 6.12. The smallest absolute Gasteiger partial charge is 0.263 e. The van der Waals surface area contributed by atoms with Crippen LogP contribution in [0, 0.1) is 19.7 Å². The second-order valence-electron chi connectivity index (χ2n) is 6.32. The third-order valence-electron chi connectivity index (χ3n) is 4.62. The number of hydrogen-bond donors (Lipinski definition) is 0. The maximum atomic E-state index is 13.9. The first-order valence-corrected chi connectivity index (χ1v) is 8.36. The van der Waals surface area contributed by atoms with Gasteiger partial charge in [-0.1, -0.05) is 29.0 Å². The van der Waals surface area contributed by atoms with Crippen LogP contribution in [0.4, 0.5) is 15.8 Å². The van der Waals surface area contributed by atoms with Crippen molar-refractivity contribution in [1.29, 1.82) is 0 Å². The Hall–Kier alpha value is -2.80. The summed E-state index contributed by atoms with van der Waals surface area (Å²) in [4.78, 5) is 26.7. The number of imide groups is 1. The summed E-state index contributed by atoms with van der Waals surface area (Å²) in [6, 6.07) is 7.60. The Bertz CT molecular complexity index is 978. The largest absolute Gasteiger partial charge is 0.271 e. The molecule has 2 unspecified atom stereocenters. The number of fused-ring (bicyclic) bond motifs is 1. The van der Waals surface area contributed by atoms with Crippen molar-refractivity contribution < 1.29 is 14.0 Å². The quantitative estimate of drug-likeness (QED) is 0.756. The van der Waals surface area contributed by atoms with Crippen LogP contribution in [0.25, 0.3) is 0 Å². The molecule has 2 amide bonds. The summed E-state index contributed by atoms with van der Waals surface area (Å²) in [6.07, 6.45) is 0. The minimum absolute atomic E-state index is 0.370. The summed E-state index contributed by atoms with van der Waals surface area (Å²) in [7, 11) is 0. The number of aryl methyl sites for hydroxylation is 2. The van der Waals surface area contributed by atoms with Gasteiger partial charge in [0.1, 0.15) is 5.82 Å². The predicted molar refractivity (Wildman–Crippen MR) is 94.7 cm³/mol. The molecule has 2 aromatic rings. The number of rotatable bonds is 2. The van der Waals surface area contributed by atoms with Crippen LogP contribution in [-0.4, -0.2) is 23.9 Å². The first-order valence-electron chi connectivity index (χ1n) is 7.98. The molecular weight excluding hydrogens is 359 g/mol. The van der Waals surface area contributed by atoms with Crippen molar-refractivity contribution in [2.24, 2.45) is 10.3 Å². The summed E-state index contributed by atoms with van der Waals surface area (Å²) in [6.45, 7) is 3.47. The first-order chi connectivity index (χ1) is 12.4. The normalized spacial score (nSPS) is 21.7. The van der Waals surface area contributed by atoms with E-state index in [1.54, 1.807) is 37.3 Å². The lowest BCUT2D eigenvalue weighted by Crippen LogP contribution is -2.40. The fourth-order valence-electron chi connectivity index (χ4n) is 3.07. The second kappa shape index (κ2) is 5.88. The molecule has 0 bridgehead atoms. The Labute approximate surface area is 153 Å². The molecule has 1 saturated heterocycles. The minimum Gasteiger partial charge on any atom is -0.271 e. The van der Waals surface area contributed by atoms with Gasteiger partial charge in [0.25, 0.3) is 11.8 Å². The van der Waals surface area contributed by atoms with Crippen molar-refractivity contribution in [3.8, 4) is 0 Å². The fraction of sp³-hybridized carbons (Fsp3) is 0.222. The number of carbonyl (C=O) groups excluding carboxylic acids is 2. The van der Waals surface area contributed by atoms with E-state index in [-0.39, 0.29) is 0 Å². The Balaban J connectivity index is 1.71. The fourth-order valence-corrected chi connectivity index (χ4v) is 3.25. The zero-order valence-corrected chi connectivity index (χ0v) is 14.7. The van der Waals surface area contributed by atoms with Crippen LogP contribution in [-0.2, 0) is 9.59 Å². The molecule has 2 aromatic carbocycles. The Morgan fingerprint density at radius 1 is 1.00 bits per heavy atom. The van der Waals surface area contributed by atoms with Crippen molar-refractivity contribution >= 4 is 34.8 Å². The van der Waals surface area contributed by atoms with Gasteiger partial charge in [-0.25, -0.2) is 14.3 Å². The Kier molecular flexibility index (Phi) is 3.77. The molecule has 6 nitrogen and oxygen atoms in total. The lowest BCUT2D eigenvalue weighted by molar-refractivity contribution is -0.121. The van der Waals surface area contributed by atoms with Crippen molar-refractivity contribution in [2.45, 2.75) is 25.9 Å². The number of anilines is 2. The van der Waals surface area contributed by atoms with E-state index in [9.17, 15) is 14.0 Å². The van der Waals surface area contributed by atoms with E-state index in [1.807, 2.05) is 6.92 Å². The van der Waals surface area contributed by atoms with Crippen LogP contribution >= 0.6 is 11.6 Å². The SMILES string of the molecule is Cc1ccc(N2N=NC3C(=O)N(c4ccc(C)c(Cl)c4)C(=O)C32)cc1F. The highest BCUT2D eigenvalue weighted by Gasteiger charge is 2.55. The first kappa shape index (κ1) is 16.7. The van der Waals surface area contributed by atoms with Crippen molar-refractivity contribution in [1.82, 2.24) is 0 Å². The third kappa shape index (κ3) is 2.39. The predicted octanol–water partition coefficient (Wildman–Crippen LogP) is 3.59. The Morgan fingerprint density at radius 2 is 1.69 bits per heavy atom. The Morgan fingerprint density at radius 3 is 2.38 bits per heavy atom. The average Bonchev–Trinajstić information content (AvgIpc) is 3.14. The van der Waals surface area contributed by atoms with Gasteiger partial charge in [0, 0.05) is 5.02 Å². The number of amides is 2. The van der Waals surface area contributed by atoms with E-state index in [4.69, 9.17) is 11.6 Å². The van der Waals surface area contributed by atoms with Gasteiger partial charge in [-0.2, -0.15) is 5.11 Å². The molecule has 0 aromatic heterocycles. The molecule has 8 heteroatoms. The molecule has 132 valence electrons. The molecule has 2 heterocycles. The third-order valence-corrected chi connectivity index (χ3v) is 5.02. The van der Waals surface area contributed by atoms with E-state index in [0.29, 0.717) is 22.0 Å². The lowest BCUT2D eigenvalue weighted by Gasteiger charge is -2.21. The molecule has 26 heavy (non-hydrogen) atoms. The summed E-state index contributed by atoms with van der Waals surface area (Å²) < 4.78 is 13.9. The van der Waals surface area contributed by atoms with Crippen molar-refractivity contribution in [3.05, 3.63) is 58.4 Å². The molecule has 1 fully saturated rings. The molecule has 2 atom stereocenters. The van der Waals surface area contributed by atoms with Gasteiger partial charge in [0.05, 0.1) is 11.4 Å². The lowest BCUT2D eigenvalue weighted by atomic mass is 10.1. The topological polar surface area (TPSA) is 65.3 Å². The van der Waals surface area contributed by atoms with Gasteiger partial charge in [0.2, 0.25) is 0 Å². The van der Waals surface area contributed by atoms with Crippen LogP contribution in [0.5, 0.6) is 0 Å². The maximum Gasteiger partial charge on any atom is 0.263 e. The van der Waals surface area contributed by atoms with E-state index < -0.39 is 29.7 Å². The van der Waals surface area contributed by atoms with Crippen molar-refractivity contribution in [3.63, 3.8) is 0 Å². The van der Waals surface area contributed by atoms with E-state index in [1.165, 1.54) is 11.1 Å². The second-order valence-corrected chi connectivity index (χ2v) is 6.73. The highest BCUT2D eigenvalue weighted by Crippen LogP contribution is 2.36. The van der Waals surface area contributed by atoms with Gasteiger partial charge < -0.3 is 0 Å². The summed E-state index contributed by atoms with van der Waals surface area (Å²) in [5.41, 5.74) is 2.07. The number of halogens is 2. The zero-order chi connectivity index (χ0) is 18.6. The number of hydrogen-bond acceptors (Lipinski definition) is 5. The molecule has 0 aliphatic carbocycles. The monoisotopic (exact) mass is 372 g/mol. The van der Waals surface area contributed by atoms with Gasteiger partial charge in [-0.15, -0.1) is 0 Å². The molecular formula is C18H14ClFN4O2. The molecule has 2 aliphatic heterocycles. The van der Waals surface area contributed by atoms with Crippen LogP contribution in [0.15, 0.2) is 46.7 Å².